The molecule has 2 atom stereocenters. The lowest BCUT2D eigenvalue weighted by Gasteiger charge is -2.12. The summed E-state index contributed by atoms with van der Waals surface area (Å²) in [5, 5.41) is 9.14. The molecule has 12 heavy (non-hydrogen) atoms. The Morgan fingerprint density at radius 1 is 1.17 bits per heavy atom. The third kappa shape index (κ3) is 6.54. The summed E-state index contributed by atoms with van der Waals surface area (Å²) in [5.41, 5.74) is 0. The van der Waals surface area contributed by atoms with Crippen LogP contribution in [0.4, 0.5) is 0 Å². The first kappa shape index (κ1) is 11.8. The standard InChI is InChI=1S/C8H18O4/c1-7(11-3)4-12-6-8(9)5-10-2/h7-9H,4-6H2,1-3H3. The Kier molecular flexibility index (Phi) is 7.39. The van der Waals surface area contributed by atoms with Crippen molar-refractivity contribution in [1.29, 1.82) is 0 Å². The minimum atomic E-state index is -0.543. The molecular formula is C8H18O4. The first-order valence-electron chi connectivity index (χ1n) is 3.98. The molecule has 0 amide bonds. The molecule has 0 saturated heterocycles. The summed E-state index contributed by atoms with van der Waals surface area (Å²) in [6.45, 7) is 3.00. The van der Waals surface area contributed by atoms with Gasteiger partial charge in [0.2, 0.25) is 0 Å². The molecular weight excluding hydrogens is 160 g/mol. The number of ether oxygens (including phenoxy) is 3. The van der Waals surface area contributed by atoms with Crippen LogP contribution in [0.1, 0.15) is 6.92 Å². The zero-order chi connectivity index (χ0) is 9.40. The topological polar surface area (TPSA) is 47.9 Å². The molecule has 0 spiro atoms. The van der Waals surface area contributed by atoms with E-state index in [1.54, 1.807) is 14.2 Å². The third-order valence-corrected chi connectivity index (χ3v) is 1.42. The van der Waals surface area contributed by atoms with Crippen LogP contribution in [-0.4, -0.2) is 51.4 Å². The van der Waals surface area contributed by atoms with E-state index in [0.29, 0.717) is 19.8 Å². The highest BCUT2D eigenvalue weighted by atomic mass is 16.5. The van der Waals surface area contributed by atoms with Crippen LogP contribution in [0.15, 0.2) is 0 Å². The number of methoxy groups -OCH3 is 2. The van der Waals surface area contributed by atoms with Crippen LogP contribution in [0.3, 0.4) is 0 Å². The van der Waals surface area contributed by atoms with Crippen molar-refractivity contribution < 1.29 is 19.3 Å². The summed E-state index contributed by atoms with van der Waals surface area (Å²) >= 11 is 0. The molecule has 0 saturated carbocycles. The Morgan fingerprint density at radius 2 is 1.83 bits per heavy atom. The number of rotatable bonds is 7. The molecule has 0 aromatic carbocycles. The van der Waals surface area contributed by atoms with Gasteiger partial charge in [0, 0.05) is 14.2 Å². The number of aliphatic hydroxyl groups is 1. The van der Waals surface area contributed by atoms with E-state index < -0.39 is 6.10 Å². The van der Waals surface area contributed by atoms with Crippen molar-refractivity contribution in [2.45, 2.75) is 19.1 Å². The Balaban J connectivity index is 3.18. The lowest BCUT2D eigenvalue weighted by Crippen LogP contribution is -2.24. The van der Waals surface area contributed by atoms with Crippen LogP contribution in [-0.2, 0) is 14.2 Å². The minimum absolute atomic E-state index is 0.0692. The van der Waals surface area contributed by atoms with E-state index >= 15 is 0 Å². The molecule has 0 aliphatic heterocycles. The van der Waals surface area contributed by atoms with Gasteiger partial charge >= 0.3 is 0 Å². The van der Waals surface area contributed by atoms with Crippen LogP contribution in [0.2, 0.25) is 0 Å². The smallest absolute Gasteiger partial charge is 0.101 e. The maximum atomic E-state index is 9.14. The molecule has 0 rings (SSSR count). The van der Waals surface area contributed by atoms with Crippen molar-refractivity contribution in [1.82, 2.24) is 0 Å². The maximum Gasteiger partial charge on any atom is 0.101 e. The summed E-state index contributed by atoms with van der Waals surface area (Å²) < 4.78 is 14.8. The van der Waals surface area contributed by atoms with E-state index in [0.717, 1.165) is 0 Å². The molecule has 1 N–H and O–H groups in total. The van der Waals surface area contributed by atoms with Crippen molar-refractivity contribution in [3.05, 3.63) is 0 Å². The van der Waals surface area contributed by atoms with Crippen LogP contribution in [0.5, 0.6) is 0 Å². The maximum absolute atomic E-state index is 9.14. The van der Waals surface area contributed by atoms with E-state index in [2.05, 4.69) is 0 Å². The molecule has 0 fully saturated rings. The molecule has 0 aromatic heterocycles. The van der Waals surface area contributed by atoms with Gasteiger partial charge in [-0.05, 0) is 6.92 Å². The number of aliphatic hydroxyl groups excluding tert-OH is 1. The molecule has 74 valence electrons. The second kappa shape index (κ2) is 7.49. The van der Waals surface area contributed by atoms with Gasteiger partial charge in [0.1, 0.15) is 6.10 Å². The van der Waals surface area contributed by atoms with Gasteiger partial charge in [-0.25, -0.2) is 0 Å². The Labute approximate surface area is 73.4 Å². The summed E-state index contributed by atoms with van der Waals surface area (Å²) in [6.07, 6.45) is -0.473. The fraction of sp³-hybridized carbons (Fsp3) is 1.00. The lowest BCUT2D eigenvalue weighted by atomic mass is 10.4. The minimum Gasteiger partial charge on any atom is -0.388 e. The average molecular weight is 178 g/mol. The van der Waals surface area contributed by atoms with E-state index in [1.807, 2.05) is 6.92 Å². The molecule has 2 unspecified atom stereocenters. The fourth-order valence-corrected chi connectivity index (χ4v) is 0.679. The molecule has 0 bridgehead atoms. The van der Waals surface area contributed by atoms with Gasteiger partial charge in [-0.2, -0.15) is 0 Å². The van der Waals surface area contributed by atoms with Crippen molar-refractivity contribution in [3.63, 3.8) is 0 Å². The summed E-state index contributed by atoms with van der Waals surface area (Å²) in [4.78, 5) is 0. The van der Waals surface area contributed by atoms with Gasteiger partial charge in [0.25, 0.3) is 0 Å². The molecule has 0 aliphatic carbocycles. The number of hydrogen-bond donors (Lipinski definition) is 1. The predicted molar refractivity (Wildman–Crippen MR) is 45.2 cm³/mol. The Morgan fingerprint density at radius 3 is 2.33 bits per heavy atom. The quantitative estimate of drug-likeness (QED) is 0.598. The van der Waals surface area contributed by atoms with Crippen LogP contribution in [0, 0.1) is 0 Å². The summed E-state index contributed by atoms with van der Waals surface area (Å²) in [7, 11) is 3.17. The normalized spacial score (nSPS) is 16.0. The highest BCUT2D eigenvalue weighted by Crippen LogP contribution is 1.91. The van der Waals surface area contributed by atoms with Crippen molar-refractivity contribution in [2.24, 2.45) is 0 Å². The van der Waals surface area contributed by atoms with E-state index in [1.165, 1.54) is 0 Å². The highest BCUT2D eigenvalue weighted by molar-refractivity contribution is 4.52. The van der Waals surface area contributed by atoms with Crippen molar-refractivity contribution >= 4 is 0 Å². The average Bonchev–Trinajstić information content (AvgIpc) is 2.04. The first-order chi connectivity index (χ1) is 5.70. The summed E-state index contributed by atoms with van der Waals surface area (Å²) in [5.74, 6) is 0. The van der Waals surface area contributed by atoms with Gasteiger partial charge in [0.05, 0.1) is 25.9 Å². The van der Waals surface area contributed by atoms with E-state index in [9.17, 15) is 0 Å². The fourth-order valence-electron chi connectivity index (χ4n) is 0.679. The van der Waals surface area contributed by atoms with Crippen molar-refractivity contribution in [3.8, 4) is 0 Å². The second-order valence-corrected chi connectivity index (χ2v) is 2.69. The largest absolute Gasteiger partial charge is 0.388 e. The SMILES string of the molecule is COCC(O)COCC(C)OC. The molecule has 4 heteroatoms. The van der Waals surface area contributed by atoms with Gasteiger partial charge in [0.15, 0.2) is 0 Å². The molecule has 0 aromatic rings. The van der Waals surface area contributed by atoms with E-state index in [-0.39, 0.29) is 6.10 Å². The van der Waals surface area contributed by atoms with Crippen molar-refractivity contribution in [2.75, 3.05) is 34.0 Å². The van der Waals surface area contributed by atoms with Gasteiger partial charge in [-0.15, -0.1) is 0 Å². The Bertz CT molecular complexity index is 97.1. The van der Waals surface area contributed by atoms with Crippen LogP contribution < -0.4 is 0 Å². The van der Waals surface area contributed by atoms with Gasteiger partial charge < -0.3 is 19.3 Å². The van der Waals surface area contributed by atoms with Gasteiger partial charge in [-0.3, -0.25) is 0 Å². The molecule has 0 aliphatic rings. The van der Waals surface area contributed by atoms with Gasteiger partial charge in [-0.1, -0.05) is 0 Å². The molecule has 0 radical (unpaired) electrons. The Hall–Kier alpha value is -0.160. The zero-order valence-electron chi connectivity index (χ0n) is 7.95. The zero-order valence-corrected chi connectivity index (χ0v) is 7.95. The molecule has 4 nitrogen and oxygen atoms in total. The first-order valence-corrected chi connectivity index (χ1v) is 3.98. The van der Waals surface area contributed by atoms with Crippen LogP contribution >= 0.6 is 0 Å². The number of hydrogen-bond acceptors (Lipinski definition) is 4. The molecule has 0 heterocycles. The highest BCUT2D eigenvalue weighted by Gasteiger charge is 2.04. The second-order valence-electron chi connectivity index (χ2n) is 2.69. The predicted octanol–water partition coefficient (Wildman–Crippen LogP) is 0.0452. The summed E-state index contributed by atoms with van der Waals surface area (Å²) in [6, 6.07) is 0. The lowest BCUT2D eigenvalue weighted by molar-refractivity contribution is -0.0365. The van der Waals surface area contributed by atoms with Crippen LogP contribution in [0.25, 0.3) is 0 Å². The monoisotopic (exact) mass is 178 g/mol. The van der Waals surface area contributed by atoms with E-state index in [4.69, 9.17) is 19.3 Å². The third-order valence-electron chi connectivity index (χ3n) is 1.42.